The van der Waals surface area contributed by atoms with Crippen LogP contribution in [0.25, 0.3) is 0 Å². The van der Waals surface area contributed by atoms with Gasteiger partial charge in [-0.25, -0.2) is 0 Å². The number of carbonyl (C=O) groups is 1. The van der Waals surface area contributed by atoms with E-state index in [1.165, 1.54) is 12.8 Å². The molecule has 1 aromatic carbocycles. The molecule has 0 spiro atoms. The van der Waals surface area contributed by atoms with Gasteiger partial charge in [-0.05, 0) is 44.2 Å². The zero-order valence-corrected chi connectivity index (χ0v) is 14.1. The van der Waals surface area contributed by atoms with Crippen molar-refractivity contribution in [2.75, 3.05) is 12.4 Å². The molecule has 1 amide bonds. The Balaban J connectivity index is 2.14. The largest absolute Gasteiger partial charge is 0.493 e. The lowest BCUT2D eigenvalue weighted by Crippen LogP contribution is -2.30. The van der Waals surface area contributed by atoms with E-state index in [0.29, 0.717) is 11.5 Å². The zero-order valence-electron chi connectivity index (χ0n) is 14.1. The van der Waals surface area contributed by atoms with Gasteiger partial charge in [-0.1, -0.05) is 20.8 Å². The van der Waals surface area contributed by atoms with Gasteiger partial charge in [0.05, 0.1) is 13.2 Å². The number of hydrogen-bond donors (Lipinski definition) is 1. The van der Waals surface area contributed by atoms with E-state index in [1.54, 1.807) is 7.11 Å². The van der Waals surface area contributed by atoms with E-state index >= 15 is 0 Å². The van der Waals surface area contributed by atoms with Crippen molar-refractivity contribution in [2.45, 2.75) is 59.0 Å². The first-order chi connectivity index (χ1) is 10.5. The van der Waals surface area contributed by atoms with Gasteiger partial charge in [-0.3, -0.25) is 4.79 Å². The molecule has 122 valence electrons. The van der Waals surface area contributed by atoms with Crippen LogP contribution in [0, 0.1) is 5.41 Å². The lowest BCUT2D eigenvalue weighted by Gasteiger charge is -2.22. The van der Waals surface area contributed by atoms with Crippen molar-refractivity contribution in [3.05, 3.63) is 18.2 Å². The molecule has 1 N–H and O–H groups in total. The number of anilines is 1. The van der Waals surface area contributed by atoms with Crippen LogP contribution >= 0.6 is 0 Å². The Bertz CT molecular complexity index is 519. The molecule has 2 rings (SSSR count). The van der Waals surface area contributed by atoms with Gasteiger partial charge in [0.1, 0.15) is 0 Å². The fourth-order valence-electron chi connectivity index (χ4n) is 2.49. The first kappa shape index (κ1) is 16.7. The summed E-state index contributed by atoms with van der Waals surface area (Å²) in [6.07, 6.45) is 5.65. The summed E-state index contributed by atoms with van der Waals surface area (Å²) in [7, 11) is 1.63. The van der Waals surface area contributed by atoms with Gasteiger partial charge < -0.3 is 14.8 Å². The van der Waals surface area contributed by atoms with E-state index in [-0.39, 0.29) is 17.4 Å². The summed E-state index contributed by atoms with van der Waals surface area (Å²) in [5.74, 6) is 1.44. The third-order valence-electron chi connectivity index (χ3n) is 4.52. The number of carbonyl (C=O) groups excluding carboxylic acids is 1. The van der Waals surface area contributed by atoms with Crippen molar-refractivity contribution in [3.63, 3.8) is 0 Å². The molecule has 0 radical (unpaired) electrons. The lowest BCUT2D eigenvalue weighted by atomic mass is 9.89. The van der Waals surface area contributed by atoms with Crippen LogP contribution in [0.5, 0.6) is 11.5 Å². The highest BCUT2D eigenvalue weighted by Crippen LogP contribution is 2.34. The van der Waals surface area contributed by atoms with Gasteiger partial charge in [0.25, 0.3) is 0 Å². The number of rotatable bonds is 6. The molecule has 22 heavy (non-hydrogen) atoms. The van der Waals surface area contributed by atoms with Crippen LogP contribution in [0.1, 0.15) is 52.9 Å². The van der Waals surface area contributed by atoms with Crippen molar-refractivity contribution >= 4 is 11.6 Å². The molecule has 0 bridgehead atoms. The third-order valence-corrected chi connectivity index (χ3v) is 4.52. The molecule has 0 aliphatic heterocycles. The summed E-state index contributed by atoms with van der Waals surface area (Å²) >= 11 is 0. The topological polar surface area (TPSA) is 47.6 Å². The maximum absolute atomic E-state index is 12.3. The van der Waals surface area contributed by atoms with Gasteiger partial charge >= 0.3 is 0 Å². The predicted octanol–water partition coefficient (Wildman–Crippen LogP) is 4.39. The zero-order chi connectivity index (χ0) is 16.2. The van der Waals surface area contributed by atoms with Gasteiger partial charge in [0.2, 0.25) is 5.91 Å². The molecule has 1 fully saturated rings. The molecule has 1 saturated carbocycles. The molecule has 4 heteroatoms. The number of methoxy groups -OCH3 is 1. The Kier molecular flexibility index (Phi) is 5.33. The maximum atomic E-state index is 12.3. The minimum atomic E-state index is -0.383. The SMILES string of the molecule is CCC(C)(C)C(=O)Nc1ccc(OC)c(OC2CCCC2)c1. The maximum Gasteiger partial charge on any atom is 0.230 e. The van der Waals surface area contributed by atoms with Crippen molar-refractivity contribution in [2.24, 2.45) is 5.41 Å². The molecule has 1 aliphatic rings. The molecular weight excluding hydrogens is 278 g/mol. The highest BCUT2D eigenvalue weighted by Gasteiger charge is 2.25. The number of benzene rings is 1. The Labute approximate surface area is 133 Å². The summed E-state index contributed by atoms with van der Waals surface area (Å²) in [6, 6.07) is 5.56. The van der Waals surface area contributed by atoms with Gasteiger partial charge in [0, 0.05) is 17.2 Å². The van der Waals surface area contributed by atoms with Gasteiger partial charge in [-0.15, -0.1) is 0 Å². The van der Waals surface area contributed by atoms with Crippen molar-refractivity contribution in [1.29, 1.82) is 0 Å². The minimum Gasteiger partial charge on any atom is -0.493 e. The van der Waals surface area contributed by atoms with E-state index in [0.717, 1.165) is 24.9 Å². The van der Waals surface area contributed by atoms with Crippen LogP contribution in [0.15, 0.2) is 18.2 Å². The summed E-state index contributed by atoms with van der Waals surface area (Å²) in [6.45, 7) is 5.91. The molecule has 1 aliphatic carbocycles. The monoisotopic (exact) mass is 305 g/mol. The highest BCUT2D eigenvalue weighted by atomic mass is 16.5. The van der Waals surface area contributed by atoms with Crippen LogP contribution in [0.4, 0.5) is 5.69 Å². The average molecular weight is 305 g/mol. The molecular formula is C18H27NO3. The Hall–Kier alpha value is -1.71. The molecule has 0 saturated heterocycles. The number of ether oxygens (including phenoxy) is 2. The van der Waals surface area contributed by atoms with Crippen LogP contribution < -0.4 is 14.8 Å². The van der Waals surface area contributed by atoms with E-state index < -0.39 is 0 Å². The Morgan fingerprint density at radius 1 is 1.27 bits per heavy atom. The lowest BCUT2D eigenvalue weighted by molar-refractivity contribution is -0.124. The van der Waals surface area contributed by atoms with Crippen molar-refractivity contribution in [3.8, 4) is 11.5 Å². The van der Waals surface area contributed by atoms with Crippen LogP contribution in [-0.4, -0.2) is 19.1 Å². The highest BCUT2D eigenvalue weighted by molar-refractivity contribution is 5.95. The molecule has 1 aromatic rings. The fourth-order valence-corrected chi connectivity index (χ4v) is 2.49. The predicted molar refractivity (Wildman–Crippen MR) is 88.6 cm³/mol. The first-order valence-electron chi connectivity index (χ1n) is 8.12. The molecule has 0 heterocycles. The normalized spacial score (nSPS) is 15.6. The van der Waals surface area contributed by atoms with Gasteiger partial charge in [-0.2, -0.15) is 0 Å². The molecule has 0 aromatic heterocycles. The van der Waals surface area contributed by atoms with Crippen molar-refractivity contribution in [1.82, 2.24) is 0 Å². The number of amides is 1. The van der Waals surface area contributed by atoms with E-state index in [4.69, 9.17) is 9.47 Å². The summed E-state index contributed by atoms with van der Waals surface area (Å²) in [5.41, 5.74) is 0.368. The van der Waals surface area contributed by atoms with E-state index in [2.05, 4.69) is 5.32 Å². The fraction of sp³-hybridized carbons (Fsp3) is 0.611. The molecule has 0 atom stereocenters. The number of nitrogens with one attached hydrogen (secondary N) is 1. The standard InChI is InChI=1S/C18H27NO3/c1-5-18(2,3)17(20)19-13-10-11-15(21-4)16(12-13)22-14-8-6-7-9-14/h10-12,14H,5-9H2,1-4H3,(H,19,20). The molecule has 4 nitrogen and oxygen atoms in total. The quantitative estimate of drug-likeness (QED) is 0.848. The second-order valence-corrected chi connectivity index (χ2v) is 6.58. The van der Waals surface area contributed by atoms with E-state index in [1.807, 2.05) is 39.0 Å². The Morgan fingerprint density at radius 3 is 2.55 bits per heavy atom. The first-order valence-corrected chi connectivity index (χ1v) is 8.12. The second kappa shape index (κ2) is 7.03. The van der Waals surface area contributed by atoms with Crippen LogP contribution in [0.2, 0.25) is 0 Å². The third kappa shape index (κ3) is 3.93. The Morgan fingerprint density at radius 2 is 1.95 bits per heavy atom. The van der Waals surface area contributed by atoms with Crippen molar-refractivity contribution < 1.29 is 14.3 Å². The minimum absolute atomic E-state index is 0.0204. The van der Waals surface area contributed by atoms with E-state index in [9.17, 15) is 4.79 Å². The smallest absolute Gasteiger partial charge is 0.230 e. The van der Waals surface area contributed by atoms with Crippen LogP contribution in [-0.2, 0) is 4.79 Å². The second-order valence-electron chi connectivity index (χ2n) is 6.58. The number of hydrogen-bond acceptors (Lipinski definition) is 3. The van der Waals surface area contributed by atoms with Crippen LogP contribution in [0.3, 0.4) is 0 Å². The summed E-state index contributed by atoms with van der Waals surface area (Å²) in [5, 5.41) is 2.98. The van der Waals surface area contributed by atoms with Gasteiger partial charge in [0.15, 0.2) is 11.5 Å². The average Bonchev–Trinajstić information content (AvgIpc) is 3.00. The summed E-state index contributed by atoms with van der Waals surface area (Å²) < 4.78 is 11.4. The summed E-state index contributed by atoms with van der Waals surface area (Å²) in [4.78, 5) is 12.3. The molecule has 0 unspecified atom stereocenters.